The molecule has 0 spiro atoms. The number of carbonyl (C=O) groups excluding carboxylic acids is 1. The first-order valence-corrected chi connectivity index (χ1v) is 10.4. The molecule has 0 fully saturated rings. The number of aromatic nitrogens is 1. The Balaban J connectivity index is 1.97. The summed E-state index contributed by atoms with van der Waals surface area (Å²) in [5, 5.41) is 3.67. The Morgan fingerprint density at radius 3 is 2.60 bits per heavy atom. The van der Waals surface area contributed by atoms with E-state index in [1.165, 1.54) is 32.4 Å². The zero-order valence-corrected chi connectivity index (χ0v) is 17.4. The largest absolute Gasteiger partial charge is 0.497 e. The number of rotatable bonds is 8. The number of hydrogen-bond acceptors (Lipinski definition) is 8. The van der Waals surface area contributed by atoms with Gasteiger partial charge in [-0.25, -0.2) is 13.2 Å². The number of carbonyl (C=O) groups is 1. The predicted molar refractivity (Wildman–Crippen MR) is 108 cm³/mol. The van der Waals surface area contributed by atoms with Gasteiger partial charge in [0, 0.05) is 17.7 Å². The summed E-state index contributed by atoms with van der Waals surface area (Å²) in [4.78, 5) is 11.7. The van der Waals surface area contributed by atoms with Gasteiger partial charge in [0.2, 0.25) is 0 Å². The van der Waals surface area contributed by atoms with E-state index >= 15 is 0 Å². The molecular formula is C20H20N2O7S. The molecule has 0 bridgehead atoms. The topological polar surface area (TPSA) is 117 Å². The van der Waals surface area contributed by atoms with Crippen LogP contribution in [0.15, 0.2) is 57.9 Å². The van der Waals surface area contributed by atoms with E-state index in [1.54, 1.807) is 37.3 Å². The number of anilines is 1. The number of nitrogens with zero attached hydrogens (tertiary/aromatic N) is 1. The molecule has 9 nitrogen and oxygen atoms in total. The smallest absolute Gasteiger partial charge is 0.360 e. The van der Waals surface area contributed by atoms with Gasteiger partial charge in [-0.3, -0.25) is 4.72 Å². The molecule has 1 aromatic heterocycles. The van der Waals surface area contributed by atoms with Gasteiger partial charge in [-0.15, -0.1) is 0 Å². The third kappa shape index (κ3) is 4.54. The first-order valence-electron chi connectivity index (χ1n) is 8.87. The molecule has 0 saturated heterocycles. The third-order valence-corrected chi connectivity index (χ3v) is 5.46. The van der Waals surface area contributed by atoms with E-state index < -0.39 is 16.0 Å². The number of benzene rings is 2. The van der Waals surface area contributed by atoms with Gasteiger partial charge >= 0.3 is 5.97 Å². The lowest BCUT2D eigenvalue weighted by molar-refractivity contribution is 0.0514. The predicted octanol–water partition coefficient (Wildman–Crippen LogP) is 3.34. The van der Waals surface area contributed by atoms with Gasteiger partial charge in [0.25, 0.3) is 10.0 Å². The minimum atomic E-state index is -4.01. The fraction of sp³-hybridized carbons (Fsp3) is 0.200. The maximum absolute atomic E-state index is 13.0. The molecule has 30 heavy (non-hydrogen) atoms. The highest BCUT2D eigenvalue weighted by Crippen LogP contribution is 2.32. The van der Waals surface area contributed by atoms with Crippen molar-refractivity contribution in [1.29, 1.82) is 0 Å². The molecule has 0 saturated carbocycles. The molecule has 0 aliphatic rings. The summed E-state index contributed by atoms with van der Waals surface area (Å²) in [5.74, 6) is 0.218. The summed E-state index contributed by atoms with van der Waals surface area (Å²) in [5.41, 5.74) is 0.706. The van der Waals surface area contributed by atoms with Gasteiger partial charge < -0.3 is 18.7 Å². The first kappa shape index (κ1) is 21.2. The Hall–Kier alpha value is -3.53. The van der Waals surface area contributed by atoms with Gasteiger partial charge in [-0.1, -0.05) is 11.2 Å². The van der Waals surface area contributed by atoms with E-state index in [0.717, 1.165) is 0 Å². The number of methoxy groups -OCH3 is 2. The summed E-state index contributed by atoms with van der Waals surface area (Å²) in [7, 11) is -1.16. The lowest BCUT2D eigenvalue weighted by Crippen LogP contribution is -2.14. The summed E-state index contributed by atoms with van der Waals surface area (Å²) < 4.78 is 48.9. The van der Waals surface area contributed by atoms with Crippen LogP contribution in [-0.2, 0) is 14.8 Å². The molecule has 158 valence electrons. The van der Waals surface area contributed by atoms with E-state index in [2.05, 4.69) is 9.88 Å². The summed E-state index contributed by atoms with van der Waals surface area (Å²) >= 11 is 0. The van der Waals surface area contributed by atoms with E-state index in [-0.39, 0.29) is 28.7 Å². The van der Waals surface area contributed by atoms with Crippen LogP contribution in [0, 0.1) is 0 Å². The zero-order chi connectivity index (χ0) is 21.7. The molecule has 0 unspecified atom stereocenters. The third-order valence-electron chi connectivity index (χ3n) is 4.05. The van der Waals surface area contributed by atoms with Crippen molar-refractivity contribution in [2.24, 2.45) is 0 Å². The SMILES string of the molecule is CCOC(=O)c1cc(-c2ccc(OC)c(S(=O)(=O)Nc3cccc(OC)c3)c2)on1. The van der Waals surface area contributed by atoms with Crippen LogP contribution in [0.25, 0.3) is 11.3 Å². The second-order valence-corrected chi connectivity index (χ2v) is 7.65. The van der Waals surface area contributed by atoms with E-state index in [4.69, 9.17) is 18.7 Å². The molecule has 1 heterocycles. The van der Waals surface area contributed by atoms with Gasteiger partial charge in [-0.05, 0) is 37.3 Å². The van der Waals surface area contributed by atoms with E-state index in [1.807, 2.05) is 0 Å². The van der Waals surface area contributed by atoms with E-state index in [0.29, 0.717) is 17.0 Å². The van der Waals surface area contributed by atoms with Crippen LogP contribution in [0.2, 0.25) is 0 Å². The number of hydrogen-bond donors (Lipinski definition) is 1. The van der Waals surface area contributed by atoms with Crippen LogP contribution in [0.4, 0.5) is 5.69 Å². The summed E-state index contributed by atoms with van der Waals surface area (Å²) in [6, 6.07) is 12.3. The summed E-state index contributed by atoms with van der Waals surface area (Å²) in [6.45, 7) is 1.87. The highest BCUT2D eigenvalue weighted by atomic mass is 32.2. The van der Waals surface area contributed by atoms with Crippen LogP contribution >= 0.6 is 0 Å². The van der Waals surface area contributed by atoms with Gasteiger partial charge in [0.05, 0.1) is 26.5 Å². The monoisotopic (exact) mass is 432 g/mol. The molecule has 1 N–H and O–H groups in total. The van der Waals surface area contributed by atoms with Crippen molar-refractivity contribution >= 4 is 21.7 Å². The maximum Gasteiger partial charge on any atom is 0.360 e. The molecular weight excluding hydrogens is 412 g/mol. The van der Waals surface area contributed by atoms with Gasteiger partial charge in [-0.2, -0.15) is 0 Å². The van der Waals surface area contributed by atoms with Gasteiger partial charge in [0.1, 0.15) is 16.4 Å². The summed E-state index contributed by atoms with van der Waals surface area (Å²) in [6.07, 6.45) is 0. The Morgan fingerprint density at radius 2 is 1.90 bits per heavy atom. The molecule has 0 aliphatic carbocycles. The Labute approximate surface area is 173 Å². The standard InChI is InChI=1S/C20H20N2O7S/c1-4-28-20(23)16-12-18(29-21-16)13-8-9-17(27-3)19(10-13)30(24,25)22-14-6-5-7-15(11-14)26-2/h5-12,22H,4H2,1-3H3. The second kappa shape index (κ2) is 8.87. The maximum atomic E-state index is 13.0. The molecule has 3 aromatic rings. The van der Waals surface area contributed by atoms with Crippen LogP contribution in [0.5, 0.6) is 11.5 Å². The van der Waals surface area contributed by atoms with Crippen molar-refractivity contribution in [2.45, 2.75) is 11.8 Å². The van der Waals surface area contributed by atoms with Crippen LogP contribution in [-0.4, -0.2) is 40.4 Å². The number of nitrogens with one attached hydrogen (secondary N) is 1. The normalized spacial score (nSPS) is 11.0. The quantitative estimate of drug-likeness (QED) is 0.539. The second-order valence-electron chi connectivity index (χ2n) is 6.00. The minimum Gasteiger partial charge on any atom is -0.497 e. The highest BCUT2D eigenvalue weighted by Gasteiger charge is 2.23. The van der Waals surface area contributed by atoms with Crippen molar-refractivity contribution in [3.8, 4) is 22.8 Å². The first-order chi connectivity index (χ1) is 14.4. The average Bonchev–Trinajstić information content (AvgIpc) is 3.23. The molecule has 0 amide bonds. The highest BCUT2D eigenvalue weighted by molar-refractivity contribution is 7.92. The molecule has 3 rings (SSSR count). The molecule has 2 aromatic carbocycles. The van der Waals surface area contributed by atoms with E-state index in [9.17, 15) is 13.2 Å². The average molecular weight is 432 g/mol. The van der Waals surface area contributed by atoms with Crippen molar-refractivity contribution in [3.63, 3.8) is 0 Å². The minimum absolute atomic E-state index is 0.0124. The van der Waals surface area contributed by atoms with Crippen molar-refractivity contribution in [1.82, 2.24) is 5.16 Å². The van der Waals surface area contributed by atoms with Crippen LogP contribution in [0.1, 0.15) is 17.4 Å². The van der Waals surface area contributed by atoms with Crippen molar-refractivity contribution in [2.75, 3.05) is 25.5 Å². The Bertz CT molecular complexity index is 1160. The lowest BCUT2D eigenvalue weighted by atomic mass is 10.1. The fourth-order valence-electron chi connectivity index (χ4n) is 2.65. The van der Waals surface area contributed by atoms with Crippen molar-refractivity contribution in [3.05, 3.63) is 54.2 Å². The molecule has 10 heteroatoms. The van der Waals surface area contributed by atoms with Crippen LogP contribution < -0.4 is 14.2 Å². The number of sulfonamides is 1. The number of ether oxygens (including phenoxy) is 3. The zero-order valence-electron chi connectivity index (χ0n) is 16.5. The Kier molecular flexibility index (Phi) is 6.26. The molecule has 0 aliphatic heterocycles. The molecule has 0 radical (unpaired) electrons. The van der Waals surface area contributed by atoms with Gasteiger partial charge in [0.15, 0.2) is 11.5 Å². The fourth-order valence-corrected chi connectivity index (χ4v) is 3.89. The number of esters is 1. The molecule has 0 atom stereocenters. The van der Waals surface area contributed by atoms with Crippen LogP contribution in [0.3, 0.4) is 0 Å². The lowest BCUT2D eigenvalue weighted by Gasteiger charge is -2.13. The Morgan fingerprint density at radius 1 is 1.10 bits per heavy atom. The van der Waals surface area contributed by atoms with Crippen molar-refractivity contribution < 1.29 is 31.9 Å².